The van der Waals surface area contributed by atoms with Gasteiger partial charge in [-0.1, -0.05) is 6.42 Å². The molecule has 6 nitrogen and oxygen atoms in total. The molecule has 0 fully saturated rings. The van der Waals surface area contributed by atoms with Crippen molar-refractivity contribution in [3.63, 3.8) is 0 Å². The van der Waals surface area contributed by atoms with Gasteiger partial charge in [0, 0.05) is 25.9 Å². The summed E-state index contributed by atoms with van der Waals surface area (Å²) in [5.41, 5.74) is 5.29. The lowest BCUT2D eigenvalue weighted by molar-refractivity contribution is -0.141. The molecule has 0 saturated heterocycles. The van der Waals surface area contributed by atoms with Crippen LogP contribution in [-0.2, 0) is 14.4 Å². The summed E-state index contributed by atoms with van der Waals surface area (Å²) in [5, 5.41) is 11.4. The Hall–Kier alpha value is -1.08. The molecule has 0 bridgehead atoms. The highest BCUT2D eigenvalue weighted by atomic mass is 32.2. The van der Waals surface area contributed by atoms with Crippen molar-refractivity contribution in [2.24, 2.45) is 11.7 Å². The standard InChI is InChI=1S/C14H26N2O4S/c1-21-8-4-2-3-5-12(17)9-11(10-13(18)19)14(20)16-7-6-15/h11H,2-10,15H2,1H3,(H,16,20)(H,18,19)/t11-/m0/s1. The van der Waals surface area contributed by atoms with Crippen molar-refractivity contribution in [2.75, 3.05) is 25.1 Å². The van der Waals surface area contributed by atoms with Gasteiger partial charge in [0.25, 0.3) is 0 Å². The second kappa shape index (κ2) is 12.6. The maximum absolute atomic E-state index is 11.8. The van der Waals surface area contributed by atoms with E-state index in [9.17, 15) is 14.4 Å². The van der Waals surface area contributed by atoms with E-state index in [0.29, 0.717) is 6.42 Å². The van der Waals surface area contributed by atoms with E-state index in [-0.39, 0.29) is 31.7 Å². The number of amides is 1. The summed E-state index contributed by atoms with van der Waals surface area (Å²) in [6, 6.07) is 0. The molecule has 7 heteroatoms. The predicted molar refractivity (Wildman–Crippen MR) is 84.3 cm³/mol. The zero-order valence-electron chi connectivity index (χ0n) is 12.6. The van der Waals surface area contributed by atoms with Crippen molar-refractivity contribution >= 4 is 29.4 Å². The quantitative estimate of drug-likeness (QED) is 0.438. The first-order valence-corrected chi connectivity index (χ1v) is 8.60. The predicted octanol–water partition coefficient (Wildman–Crippen LogP) is 1.03. The molecular formula is C14H26N2O4S. The van der Waals surface area contributed by atoms with Crippen LogP contribution in [0.1, 0.15) is 38.5 Å². The minimum Gasteiger partial charge on any atom is -0.481 e. The highest BCUT2D eigenvalue weighted by molar-refractivity contribution is 7.98. The zero-order chi connectivity index (χ0) is 16.1. The highest BCUT2D eigenvalue weighted by Gasteiger charge is 2.24. The topological polar surface area (TPSA) is 109 Å². The normalized spacial score (nSPS) is 11.9. The molecule has 0 aromatic rings. The maximum Gasteiger partial charge on any atom is 0.304 e. The second-order valence-electron chi connectivity index (χ2n) is 4.92. The molecule has 122 valence electrons. The summed E-state index contributed by atoms with van der Waals surface area (Å²) in [6.07, 6.45) is 4.97. The number of rotatable bonds is 13. The number of carboxylic acid groups (broad SMARTS) is 1. The molecule has 0 aliphatic carbocycles. The molecular weight excluding hydrogens is 292 g/mol. The number of Topliss-reactive ketones (excluding diaryl/α,β-unsaturated/α-hetero) is 1. The van der Waals surface area contributed by atoms with E-state index in [1.54, 1.807) is 11.8 Å². The molecule has 0 aromatic heterocycles. The summed E-state index contributed by atoms with van der Waals surface area (Å²) in [5.74, 6) is -1.24. The van der Waals surface area contributed by atoms with E-state index in [4.69, 9.17) is 10.8 Å². The SMILES string of the molecule is CSCCCCCC(=O)C[C@@H](CC(=O)O)C(=O)NCCN. The van der Waals surface area contributed by atoms with Gasteiger partial charge >= 0.3 is 5.97 Å². The Labute approximate surface area is 130 Å². The number of ketones is 1. The molecule has 1 atom stereocenters. The maximum atomic E-state index is 11.8. The minimum absolute atomic E-state index is 0.00870. The van der Waals surface area contributed by atoms with Crippen LogP contribution in [0.15, 0.2) is 0 Å². The van der Waals surface area contributed by atoms with Gasteiger partial charge in [0.1, 0.15) is 5.78 Å². The number of unbranched alkanes of at least 4 members (excludes halogenated alkanes) is 2. The van der Waals surface area contributed by atoms with Crippen LogP contribution in [0.25, 0.3) is 0 Å². The number of aliphatic carboxylic acids is 1. The molecule has 0 spiro atoms. The Morgan fingerprint density at radius 3 is 2.48 bits per heavy atom. The third kappa shape index (κ3) is 11.3. The third-order valence-electron chi connectivity index (χ3n) is 3.01. The van der Waals surface area contributed by atoms with Gasteiger partial charge in [0.05, 0.1) is 12.3 Å². The van der Waals surface area contributed by atoms with Crippen LogP contribution in [0.2, 0.25) is 0 Å². The summed E-state index contributed by atoms with van der Waals surface area (Å²) in [6.45, 7) is 0.576. The van der Waals surface area contributed by atoms with Crippen molar-refractivity contribution < 1.29 is 19.5 Å². The summed E-state index contributed by atoms with van der Waals surface area (Å²) >= 11 is 1.78. The number of carbonyl (C=O) groups excluding carboxylic acids is 2. The van der Waals surface area contributed by atoms with Gasteiger partial charge in [0.15, 0.2) is 0 Å². The van der Waals surface area contributed by atoms with Crippen LogP contribution in [0.3, 0.4) is 0 Å². The van der Waals surface area contributed by atoms with E-state index in [0.717, 1.165) is 25.0 Å². The molecule has 0 aliphatic rings. The minimum atomic E-state index is -1.07. The van der Waals surface area contributed by atoms with Crippen molar-refractivity contribution in [1.29, 1.82) is 0 Å². The number of carbonyl (C=O) groups is 3. The van der Waals surface area contributed by atoms with Gasteiger partial charge in [-0.05, 0) is 24.9 Å². The fourth-order valence-electron chi connectivity index (χ4n) is 1.93. The average Bonchev–Trinajstić information content (AvgIpc) is 2.43. The molecule has 0 unspecified atom stereocenters. The number of hydrogen-bond donors (Lipinski definition) is 3. The molecule has 0 aromatic carbocycles. The van der Waals surface area contributed by atoms with Gasteiger partial charge in [-0.2, -0.15) is 11.8 Å². The summed E-state index contributed by atoms with van der Waals surface area (Å²) in [7, 11) is 0. The largest absolute Gasteiger partial charge is 0.481 e. The fourth-order valence-corrected chi connectivity index (χ4v) is 2.42. The van der Waals surface area contributed by atoms with Gasteiger partial charge < -0.3 is 16.2 Å². The van der Waals surface area contributed by atoms with Crippen molar-refractivity contribution in [3.8, 4) is 0 Å². The van der Waals surface area contributed by atoms with Crippen LogP contribution < -0.4 is 11.1 Å². The van der Waals surface area contributed by atoms with E-state index in [2.05, 4.69) is 5.32 Å². The first-order valence-electron chi connectivity index (χ1n) is 7.21. The van der Waals surface area contributed by atoms with Crippen LogP contribution in [-0.4, -0.2) is 47.9 Å². The molecule has 1 amide bonds. The monoisotopic (exact) mass is 318 g/mol. The molecule has 0 saturated carbocycles. The smallest absolute Gasteiger partial charge is 0.304 e. The Balaban J connectivity index is 4.16. The molecule has 0 heterocycles. The number of hydrogen-bond acceptors (Lipinski definition) is 5. The van der Waals surface area contributed by atoms with Crippen molar-refractivity contribution in [1.82, 2.24) is 5.32 Å². The second-order valence-corrected chi connectivity index (χ2v) is 5.91. The van der Waals surface area contributed by atoms with Crippen LogP contribution in [0.4, 0.5) is 0 Å². The lowest BCUT2D eigenvalue weighted by Crippen LogP contribution is -2.36. The summed E-state index contributed by atoms with van der Waals surface area (Å²) < 4.78 is 0. The van der Waals surface area contributed by atoms with Gasteiger partial charge in [-0.25, -0.2) is 0 Å². The van der Waals surface area contributed by atoms with E-state index in [1.165, 1.54) is 0 Å². The van der Waals surface area contributed by atoms with Crippen molar-refractivity contribution in [3.05, 3.63) is 0 Å². The molecule has 0 radical (unpaired) electrons. The Kier molecular flexibility index (Phi) is 12.0. The third-order valence-corrected chi connectivity index (χ3v) is 3.71. The first-order chi connectivity index (χ1) is 10.0. The molecule has 0 aliphatic heterocycles. The molecule has 4 N–H and O–H groups in total. The number of thioether (sulfide) groups is 1. The number of nitrogens with one attached hydrogen (secondary N) is 1. The Bertz CT molecular complexity index is 337. The van der Waals surface area contributed by atoms with Gasteiger partial charge in [-0.15, -0.1) is 0 Å². The lowest BCUT2D eigenvalue weighted by Gasteiger charge is -2.14. The van der Waals surface area contributed by atoms with Gasteiger partial charge in [0.2, 0.25) is 5.91 Å². The lowest BCUT2D eigenvalue weighted by atomic mass is 9.95. The zero-order valence-corrected chi connectivity index (χ0v) is 13.4. The van der Waals surface area contributed by atoms with Gasteiger partial charge in [-0.3, -0.25) is 14.4 Å². The Morgan fingerprint density at radius 1 is 1.19 bits per heavy atom. The average molecular weight is 318 g/mol. The van der Waals surface area contributed by atoms with Crippen molar-refractivity contribution in [2.45, 2.75) is 38.5 Å². The number of carboxylic acids is 1. The van der Waals surface area contributed by atoms with Crippen LogP contribution in [0.5, 0.6) is 0 Å². The molecule has 21 heavy (non-hydrogen) atoms. The first kappa shape index (κ1) is 19.9. The highest BCUT2D eigenvalue weighted by Crippen LogP contribution is 2.13. The van der Waals surface area contributed by atoms with Crippen LogP contribution in [0, 0.1) is 5.92 Å². The van der Waals surface area contributed by atoms with E-state index in [1.807, 2.05) is 6.26 Å². The Morgan fingerprint density at radius 2 is 1.90 bits per heavy atom. The fraction of sp³-hybridized carbons (Fsp3) is 0.786. The number of nitrogens with two attached hydrogens (primary N) is 1. The van der Waals surface area contributed by atoms with E-state index >= 15 is 0 Å². The summed E-state index contributed by atoms with van der Waals surface area (Å²) in [4.78, 5) is 34.4. The van der Waals surface area contributed by atoms with Crippen LogP contribution >= 0.6 is 11.8 Å². The van der Waals surface area contributed by atoms with E-state index < -0.39 is 17.8 Å². The molecule has 0 rings (SSSR count).